The molecule has 3 heterocycles. The van der Waals surface area contributed by atoms with Gasteiger partial charge >= 0.3 is 0 Å². The summed E-state index contributed by atoms with van der Waals surface area (Å²) in [5, 5.41) is 14.3. The van der Waals surface area contributed by atoms with Crippen LogP contribution in [-0.2, 0) is 4.79 Å². The van der Waals surface area contributed by atoms with Gasteiger partial charge in [0, 0.05) is 54.9 Å². The molecule has 4 rings (SSSR count). The molecule has 1 aliphatic heterocycles. The molecule has 0 atom stereocenters. The summed E-state index contributed by atoms with van der Waals surface area (Å²) in [4.78, 5) is 21.5. The van der Waals surface area contributed by atoms with Gasteiger partial charge in [-0.1, -0.05) is 23.7 Å². The molecule has 0 saturated carbocycles. The highest BCUT2D eigenvalue weighted by Crippen LogP contribution is 2.32. The summed E-state index contributed by atoms with van der Waals surface area (Å²) in [5.74, 6) is 1.13. The minimum Gasteiger partial charge on any atom is -0.356 e. The minimum atomic E-state index is -0.00245. The van der Waals surface area contributed by atoms with E-state index in [2.05, 4.69) is 17.0 Å². The molecule has 1 aromatic carbocycles. The lowest BCUT2D eigenvalue weighted by molar-refractivity contribution is -0.134. The third-order valence-corrected chi connectivity index (χ3v) is 6.36. The fraction of sp³-hybridized carbons (Fsp3) is 0.417. The number of nitriles is 1. The first-order chi connectivity index (χ1) is 15.4. The van der Waals surface area contributed by atoms with Gasteiger partial charge in [-0.25, -0.2) is 4.98 Å². The normalized spacial score (nSPS) is 14.5. The van der Waals surface area contributed by atoms with Crippen molar-refractivity contribution in [2.75, 3.05) is 31.6 Å². The lowest BCUT2D eigenvalue weighted by Crippen LogP contribution is -2.42. The molecule has 0 unspecified atom stereocenters. The van der Waals surface area contributed by atoms with Crippen molar-refractivity contribution in [1.82, 2.24) is 19.5 Å². The van der Waals surface area contributed by atoms with Gasteiger partial charge in [-0.05, 0) is 44.4 Å². The lowest BCUT2D eigenvalue weighted by atomic mass is 9.95. The average Bonchev–Trinajstić information content (AvgIpc) is 3.12. The zero-order valence-corrected chi connectivity index (χ0v) is 19.4. The van der Waals surface area contributed by atoms with Gasteiger partial charge in [0.15, 0.2) is 5.65 Å². The Labute approximate surface area is 193 Å². The highest BCUT2D eigenvalue weighted by molar-refractivity contribution is 6.30. The van der Waals surface area contributed by atoms with Gasteiger partial charge in [0.05, 0.1) is 18.2 Å². The van der Waals surface area contributed by atoms with Crippen molar-refractivity contribution < 1.29 is 4.79 Å². The molecular weight excluding hydrogens is 424 g/mol. The summed E-state index contributed by atoms with van der Waals surface area (Å²) < 4.78 is 1.92. The Morgan fingerprint density at radius 1 is 1.25 bits per heavy atom. The van der Waals surface area contributed by atoms with E-state index in [0.717, 1.165) is 59.9 Å². The fourth-order valence-corrected chi connectivity index (χ4v) is 4.53. The van der Waals surface area contributed by atoms with Crippen LogP contribution in [0.2, 0.25) is 5.02 Å². The van der Waals surface area contributed by atoms with E-state index < -0.39 is 0 Å². The molecular formula is C24H27ClN6O. The Morgan fingerprint density at radius 2 is 1.94 bits per heavy atom. The van der Waals surface area contributed by atoms with Crippen molar-refractivity contribution in [2.24, 2.45) is 5.92 Å². The SMILES string of the molecule is Cc1cc(N2CCC(C(=O)N(C)CCC#N)CC2)n2nc(C)c(-c3ccc(Cl)cc3)c2n1. The van der Waals surface area contributed by atoms with Crippen LogP contribution in [0.1, 0.15) is 30.7 Å². The first-order valence-corrected chi connectivity index (χ1v) is 11.3. The van der Waals surface area contributed by atoms with Crippen LogP contribution in [0.5, 0.6) is 0 Å². The van der Waals surface area contributed by atoms with Crippen LogP contribution >= 0.6 is 11.6 Å². The van der Waals surface area contributed by atoms with Crippen LogP contribution in [0.25, 0.3) is 16.8 Å². The van der Waals surface area contributed by atoms with Crippen LogP contribution in [0, 0.1) is 31.1 Å². The second-order valence-electron chi connectivity index (χ2n) is 8.39. The topological polar surface area (TPSA) is 77.5 Å². The zero-order chi connectivity index (χ0) is 22.8. The molecule has 0 bridgehead atoms. The van der Waals surface area contributed by atoms with Gasteiger partial charge in [0.2, 0.25) is 5.91 Å². The number of amides is 1. The number of nitrogens with zero attached hydrogens (tertiary/aromatic N) is 6. The van der Waals surface area contributed by atoms with Crippen LogP contribution in [0.3, 0.4) is 0 Å². The number of anilines is 1. The monoisotopic (exact) mass is 450 g/mol. The van der Waals surface area contributed by atoms with Gasteiger partial charge in [-0.2, -0.15) is 14.9 Å². The summed E-state index contributed by atoms with van der Waals surface area (Å²) in [7, 11) is 1.78. The number of carbonyl (C=O) groups is 1. The van der Waals surface area contributed by atoms with Gasteiger partial charge in [-0.3, -0.25) is 4.79 Å². The predicted molar refractivity (Wildman–Crippen MR) is 126 cm³/mol. The molecule has 2 aromatic heterocycles. The number of benzene rings is 1. The third kappa shape index (κ3) is 4.28. The van der Waals surface area contributed by atoms with Crippen molar-refractivity contribution in [3.8, 4) is 17.2 Å². The number of halogens is 1. The average molecular weight is 451 g/mol. The van der Waals surface area contributed by atoms with Crippen molar-refractivity contribution >= 4 is 29.0 Å². The molecule has 32 heavy (non-hydrogen) atoms. The predicted octanol–water partition coefficient (Wildman–Crippen LogP) is 4.26. The highest BCUT2D eigenvalue weighted by Gasteiger charge is 2.29. The minimum absolute atomic E-state index is 0.00245. The number of piperidine rings is 1. The quantitative estimate of drug-likeness (QED) is 0.580. The Hall–Kier alpha value is -3.11. The number of carbonyl (C=O) groups excluding carboxylic acids is 1. The maximum Gasteiger partial charge on any atom is 0.225 e. The van der Waals surface area contributed by atoms with Gasteiger partial charge in [-0.15, -0.1) is 0 Å². The summed E-state index contributed by atoms with van der Waals surface area (Å²) >= 11 is 6.08. The largest absolute Gasteiger partial charge is 0.356 e. The molecule has 0 aliphatic carbocycles. The van der Waals surface area contributed by atoms with Crippen molar-refractivity contribution in [1.29, 1.82) is 5.26 Å². The third-order valence-electron chi connectivity index (χ3n) is 6.11. The van der Waals surface area contributed by atoms with Crippen LogP contribution < -0.4 is 4.90 Å². The molecule has 0 radical (unpaired) electrons. The molecule has 1 aliphatic rings. The Kier molecular flexibility index (Phi) is 6.33. The molecule has 1 amide bonds. The summed E-state index contributed by atoms with van der Waals surface area (Å²) in [6.45, 7) is 6.03. The number of hydrogen-bond acceptors (Lipinski definition) is 5. The van der Waals surface area contributed by atoms with E-state index in [4.69, 9.17) is 26.9 Å². The Morgan fingerprint density at radius 3 is 2.59 bits per heavy atom. The van der Waals surface area contributed by atoms with E-state index in [-0.39, 0.29) is 11.8 Å². The first kappa shape index (κ1) is 22.1. The molecule has 1 saturated heterocycles. The molecule has 166 valence electrons. The van der Waals surface area contributed by atoms with Crippen LogP contribution in [0.15, 0.2) is 30.3 Å². The van der Waals surface area contributed by atoms with Crippen molar-refractivity contribution in [3.63, 3.8) is 0 Å². The number of fused-ring (bicyclic) bond motifs is 1. The maximum absolute atomic E-state index is 12.7. The molecule has 3 aromatic rings. The van der Waals surface area contributed by atoms with E-state index in [1.54, 1.807) is 11.9 Å². The highest BCUT2D eigenvalue weighted by atomic mass is 35.5. The van der Waals surface area contributed by atoms with E-state index in [1.165, 1.54) is 0 Å². The number of aryl methyl sites for hydroxylation is 2. The Bertz CT molecular complexity index is 1170. The van der Waals surface area contributed by atoms with E-state index in [1.807, 2.05) is 42.6 Å². The standard InChI is InChI=1S/C24H27ClN6O/c1-16-15-21(30-13-9-19(10-14-30)24(32)29(3)12-4-11-26)31-23(27-16)22(17(2)28-31)18-5-7-20(25)8-6-18/h5-8,15,19H,4,9-10,12-14H2,1-3H3. The summed E-state index contributed by atoms with van der Waals surface area (Å²) in [5.41, 5.74) is 4.72. The van der Waals surface area contributed by atoms with Gasteiger partial charge < -0.3 is 9.80 Å². The maximum atomic E-state index is 12.7. The van der Waals surface area contributed by atoms with E-state index >= 15 is 0 Å². The summed E-state index contributed by atoms with van der Waals surface area (Å²) in [6.07, 6.45) is 1.93. The van der Waals surface area contributed by atoms with E-state index in [9.17, 15) is 4.79 Å². The zero-order valence-electron chi connectivity index (χ0n) is 18.7. The van der Waals surface area contributed by atoms with E-state index in [0.29, 0.717) is 18.0 Å². The van der Waals surface area contributed by atoms with Gasteiger partial charge in [0.1, 0.15) is 5.82 Å². The lowest BCUT2D eigenvalue weighted by Gasteiger charge is -2.34. The molecule has 0 spiro atoms. The summed E-state index contributed by atoms with van der Waals surface area (Å²) in [6, 6.07) is 11.9. The molecule has 7 nitrogen and oxygen atoms in total. The van der Waals surface area contributed by atoms with Gasteiger partial charge in [0.25, 0.3) is 0 Å². The number of rotatable bonds is 5. The molecule has 8 heteroatoms. The van der Waals surface area contributed by atoms with Crippen molar-refractivity contribution in [2.45, 2.75) is 33.1 Å². The number of hydrogen-bond donors (Lipinski definition) is 0. The molecule has 1 fully saturated rings. The second kappa shape index (κ2) is 9.17. The van der Waals surface area contributed by atoms with Crippen LogP contribution in [0.4, 0.5) is 5.82 Å². The van der Waals surface area contributed by atoms with Crippen LogP contribution in [-0.4, -0.2) is 52.1 Å². The second-order valence-corrected chi connectivity index (χ2v) is 8.82. The fourth-order valence-electron chi connectivity index (χ4n) is 4.40. The smallest absolute Gasteiger partial charge is 0.225 e. The van der Waals surface area contributed by atoms with Crippen molar-refractivity contribution in [3.05, 3.63) is 46.7 Å². The first-order valence-electron chi connectivity index (χ1n) is 10.9. The molecule has 0 N–H and O–H groups in total. The number of aromatic nitrogens is 3. The Balaban J connectivity index is 1.60.